The van der Waals surface area contributed by atoms with E-state index < -0.39 is 0 Å². The van der Waals surface area contributed by atoms with Crippen molar-refractivity contribution in [3.8, 4) is 5.75 Å². The summed E-state index contributed by atoms with van der Waals surface area (Å²) < 4.78 is 17.4. The van der Waals surface area contributed by atoms with Gasteiger partial charge in [-0.2, -0.15) is 0 Å². The van der Waals surface area contributed by atoms with Gasteiger partial charge in [-0.05, 0) is 93.2 Å². The van der Waals surface area contributed by atoms with Gasteiger partial charge in [0.25, 0.3) is 0 Å². The molecule has 2 bridgehead atoms. The molecule has 0 N–H and O–H groups in total. The van der Waals surface area contributed by atoms with Crippen LogP contribution in [0.2, 0.25) is 0 Å². The Morgan fingerprint density at radius 2 is 1.59 bits per heavy atom. The van der Waals surface area contributed by atoms with E-state index in [0.717, 1.165) is 25.8 Å². The van der Waals surface area contributed by atoms with Gasteiger partial charge in [-0.1, -0.05) is 48.5 Å². The maximum Gasteiger partial charge on any atom is 0.338 e. The van der Waals surface area contributed by atoms with Crippen molar-refractivity contribution in [3.05, 3.63) is 101 Å². The van der Waals surface area contributed by atoms with Crippen molar-refractivity contribution in [1.82, 2.24) is 4.90 Å². The summed E-state index contributed by atoms with van der Waals surface area (Å²) in [5, 5.41) is 0. The predicted molar refractivity (Wildman–Crippen MR) is 155 cm³/mol. The topological polar surface area (TPSA) is 48.0 Å². The van der Waals surface area contributed by atoms with Crippen LogP contribution >= 0.6 is 0 Å². The largest absolute Gasteiger partial charge is 0.497 e. The first-order valence-corrected chi connectivity index (χ1v) is 14.1. The van der Waals surface area contributed by atoms with Gasteiger partial charge in [-0.25, -0.2) is 4.79 Å². The zero-order valence-electron chi connectivity index (χ0n) is 23.7. The Labute approximate surface area is 233 Å². The second-order valence-corrected chi connectivity index (χ2v) is 11.5. The van der Waals surface area contributed by atoms with Crippen LogP contribution in [0.5, 0.6) is 5.75 Å². The summed E-state index contributed by atoms with van der Waals surface area (Å²) in [6.45, 7) is 4.26. The van der Waals surface area contributed by atoms with E-state index in [0.29, 0.717) is 37.1 Å². The highest BCUT2D eigenvalue weighted by Crippen LogP contribution is 2.58. The number of carbonyl (C=O) groups is 1. The molecule has 3 aliphatic rings. The quantitative estimate of drug-likeness (QED) is 0.254. The van der Waals surface area contributed by atoms with Crippen LogP contribution in [0.15, 0.2) is 72.8 Å². The molecule has 1 unspecified atom stereocenters. The maximum atomic E-state index is 13.1. The van der Waals surface area contributed by atoms with Crippen molar-refractivity contribution in [3.63, 3.8) is 0 Å². The summed E-state index contributed by atoms with van der Waals surface area (Å²) in [5.74, 6) is 0.885. The minimum atomic E-state index is -0.339. The third kappa shape index (κ3) is 5.35. The molecule has 206 valence electrons. The summed E-state index contributed by atoms with van der Waals surface area (Å²) in [6, 6.07) is 25.2. The predicted octanol–water partition coefficient (Wildman–Crippen LogP) is 6.44. The van der Waals surface area contributed by atoms with E-state index in [1.807, 2.05) is 6.92 Å². The molecule has 1 atom stereocenters. The second kappa shape index (κ2) is 11.5. The average molecular weight is 528 g/mol. The van der Waals surface area contributed by atoms with Gasteiger partial charge in [-0.15, -0.1) is 0 Å². The van der Waals surface area contributed by atoms with Gasteiger partial charge < -0.3 is 19.1 Å². The Balaban J connectivity index is 1.44. The van der Waals surface area contributed by atoms with Gasteiger partial charge in [0.15, 0.2) is 0 Å². The molecule has 0 radical (unpaired) electrons. The minimum absolute atomic E-state index is 0.0360. The summed E-state index contributed by atoms with van der Waals surface area (Å²) >= 11 is 0. The van der Waals surface area contributed by atoms with Gasteiger partial charge in [-0.3, -0.25) is 0 Å². The molecule has 5 nitrogen and oxygen atoms in total. The lowest BCUT2D eigenvalue weighted by Crippen LogP contribution is -2.46. The minimum Gasteiger partial charge on any atom is -0.497 e. The number of rotatable bonds is 12. The smallest absolute Gasteiger partial charge is 0.338 e. The van der Waals surface area contributed by atoms with Crippen molar-refractivity contribution in [2.75, 3.05) is 47.6 Å². The van der Waals surface area contributed by atoms with E-state index in [4.69, 9.17) is 14.2 Å². The summed E-state index contributed by atoms with van der Waals surface area (Å²) in [6.07, 6.45) is 4.18. The molecule has 0 spiro atoms. The van der Waals surface area contributed by atoms with E-state index in [1.54, 1.807) is 31.4 Å². The fourth-order valence-corrected chi connectivity index (χ4v) is 7.00. The number of ether oxygens (including phenoxy) is 3. The Kier molecular flexibility index (Phi) is 8.11. The molecular weight excluding hydrogens is 486 g/mol. The van der Waals surface area contributed by atoms with Crippen LogP contribution in [0.4, 0.5) is 0 Å². The van der Waals surface area contributed by atoms with Crippen LogP contribution in [-0.2, 0) is 14.9 Å². The van der Waals surface area contributed by atoms with Crippen LogP contribution in [-0.4, -0.2) is 58.4 Å². The lowest BCUT2D eigenvalue weighted by molar-refractivity contribution is -0.0283. The fourth-order valence-electron chi connectivity index (χ4n) is 7.00. The van der Waals surface area contributed by atoms with Crippen molar-refractivity contribution >= 4 is 5.97 Å². The number of hydrogen-bond donors (Lipinski definition) is 0. The molecule has 3 aromatic carbocycles. The highest BCUT2D eigenvalue weighted by atomic mass is 16.5. The van der Waals surface area contributed by atoms with Gasteiger partial charge in [0.05, 0.1) is 19.3 Å². The molecular formula is C34H41NO4. The number of carbonyl (C=O) groups excluding carboxylic acids is 1. The van der Waals surface area contributed by atoms with E-state index in [9.17, 15) is 4.79 Å². The zero-order chi connectivity index (χ0) is 27.5. The molecule has 6 rings (SSSR count). The van der Waals surface area contributed by atoms with Crippen LogP contribution < -0.4 is 4.74 Å². The van der Waals surface area contributed by atoms with E-state index in [-0.39, 0.29) is 16.8 Å². The number of esters is 1. The first-order valence-electron chi connectivity index (χ1n) is 14.1. The fraction of sp³-hybridized carbons (Fsp3) is 0.441. The Morgan fingerprint density at radius 1 is 0.949 bits per heavy atom. The molecule has 3 aliphatic carbocycles. The standard InChI is InChI=1S/C34H41NO4/c1-5-38-23-33(22-35(2)3,24-39-32(36)25-14-16-26(37-4)17-15-25)20-21-34-19-18-27(28-10-6-8-12-30(28)34)29-11-7-9-13-31(29)34/h6-17,27H,5,18-24H2,1-4H3. The summed E-state index contributed by atoms with van der Waals surface area (Å²) in [5.41, 5.74) is 6.07. The lowest BCUT2D eigenvalue weighted by atomic mass is 9.53. The van der Waals surface area contributed by atoms with E-state index in [2.05, 4.69) is 67.5 Å². The van der Waals surface area contributed by atoms with Crippen LogP contribution in [0.3, 0.4) is 0 Å². The molecule has 0 saturated heterocycles. The van der Waals surface area contributed by atoms with E-state index >= 15 is 0 Å². The van der Waals surface area contributed by atoms with Gasteiger partial charge in [0, 0.05) is 29.9 Å². The Bertz CT molecular complexity index is 1240. The number of methoxy groups -OCH3 is 1. The number of benzene rings is 3. The van der Waals surface area contributed by atoms with Crippen LogP contribution in [0, 0.1) is 5.41 Å². The monoisotopic (exact) mass is 527 g/mol. The first kappa shape index (κ1) is 27.4. The first-order chi connectivity index (χ1) is 18.9. The van der Waals surface area contributed by atoms with Crippen molar-refractivity contribution in [2.45, 2.75) is 43.9 Å². The van der Waals surface area contributed by atoms with Crippen LogP contribution in [0.1, 0.15) is 71.1 Å². The SMILES string of the molecule is CCOCC(CCC12CCC(c3ccccc31)c1ccccc12)(COC(=O)c1ccc(OC)cc1)CN(C)C. The van der Waals surface area contributed by atoms with Gasteiger partial charge in [0.1, 0.15) is 12.4 Å². The normalized spacial score (nSPS) is 20.7. The highest BCUT2D eigenvalue weighted by molar-refractivity contribution is 5.89. The third-order valence-corrected chi connectivity index (χ3v) is 8.74. The highest BCUT2D eigenvalue weighted by Gasteiger charge is 2.49. The number of hydrogen-bond acceptors (Lipinski definition) is 5. The van der Waals surface area contributed by atoms with Crippen LogP contribution in [0.25, 0.3) is 0 Å². The molecule has 0 aliphatic heterocycles. The van der Waals surface area contributed by atoms with Crippen molar-refractivity contribution in [2.24, 2.45) is 5.41 Å². The molecule has 39 heavy (non-hydrogen) atoms. The molecule has 0 heterocycles. The van der Waals surface area contributed by atoms with Crippen molar-refractivity contribution in [1.29, 1.82) is 0 Å². The molecule has 0 saturated carbocycles. The van der Waals surface area contributed by atoms with Gasteiger partial charge in [0.2, 0.25) is 0 Å². The molecule has 0 fully saturated rings. The molecule has 0 amide bonds. The maximum absolute atomic E-state index is 13.1. The van der Waals surface area contributed by atoms with E-state index in [1.165, 1.54) is 28.7 Å². The third-order valence-electron chi connectivity index (χ3n) is 8.74. The van der Waals surface area contributed by atoms with Gasteiger partial charge >= 0.3 is 5.97 Å². The number of nitrogens with zero attached hydrogens (tertiary/aromatic N) is 1. The Hall–Kier alpha value is -3.15. The number of fused-ring (bicyclic) bond motifs is 1. The summed E-state index contributed by atoms with van der Waals surface area (Å²) in [4.78, 5) is 15.3. The lowest BCUT2D eigenvalue weighted by Gasteiger charge is -2.51. The molecule has 0 aromatic heterocycles. The molecule has 5 heteroatoms. The average Bonchev–Trinajstić information content (AvgIpc) is 2.98. The summed E-state index contributed by atoms with van der Waals surface area (Å²) in [7, 11) is 5.78. The second-order valence-electron chi connectivity index (χ2n) is 11.5. The van der Waals surface area contributed by atoms with Crippen molar-refractivity contribution < 1.29 is 19.0 Å². The zero-order valence-corrected chi connectivity index (χ0v) is 23.7. The molecule has 3 aromatic rings. The Morgan fingerprint density at radius 3 is 2.18 bits per heavy atom.